The summed E-state index contributed by atoms with van der Waals surface area (Å²) in [5.41, 5.74) is 1.47. The first-order valence-corrected chi connectivity index (χ1v) is 7.27. The molecule has 1 amide bonds. The van der Waals surface area contributed by atoms with Crippen LogP contribution in [0.3, 0.4) is 0 Å². The Bertz CT molecular complexity index is 544. The van der Waals surface area contributed by atoms with Crippen molar-refractivity contribution in [3.63, 3.8) is 0 Å². The van der Waals surface area contributed by atoms with Gasteiger partial charge in [-0.15, -0.1) is 0 Å². The van der Waals surface area contributed by atoms with Gasteiger partial charge in [-0.1, -0.05) is 31.2 Å². The summed E-state index contributed by atoms with van der Waals surface area (Å²) < 4.78 is 0. The number of carboxylic acid groups (broad SMARTS) is 1. The molecule has 0 aliphatic carbocycles. The summed E-state index contributed by atoms with van der Waals surface area (Å²) >= 11 is 0. The molecule has 5 heteroatoms. The quantitative estimate of drug-likeness (QED) is 0.764. The van der Waals surface area contributed by atoms with Crippen molar-refractivity contribution in [1.82, 2.24) is 10.6 Å². The van der Waals surface area contributed by atoms with Gasteiger partial charge in [-0.25, -0.2) is 0 Å². The summed E-state index contributed by atoms with van der Waals surface area (Å²) in [6.45, 7) is 4.28. The number of amides is 1. The van der Waals surface area contributed by atoms with Gasteiger partial charge >= 0.3 is 5.97 Å². The van der Waals surface area contributed by atoms with E-state index in [1.165, 1.54) is 11.1 Å². The third-order valence-corrected chi connectivity index (χ3v) is 4.35. The number of carbonyl (C=O) groups is 2. The molecule has 21 heavy (non-hydrogen) atoms. The highest BCUT2D eigenvalue weighted by Gasteiger charge is 2.33. The van der Waals surface area contributed by atoms with E-state index in [-0.39, 0.29) is 18.5 Å². The lowest BCUT2D eigenvalue weighted by molar-refractivity contribution is -0.148. The fraction of sp³-hybridized carbons (Fsp3) is 0.500. The highest BCUT2D eigenvalue weighted by Crippen LogP contribution is 2.20. The van der Waals surface area contributed by atoms with Gasteiger partial charge in [0.1, 0.15) is 0 Å². The second kappa shape index (κ2) is 6.26. The molecule has 1 aliphatic heterocycles. The second-order valence-electron chi connectivity index (χ2n) is 5.84. The van der Waals surface area contributed by atoms with Gasteiger partial charge in [-0.05, 0) is 30.9 Å². The number of fused-ring (bicyclic) bond motifs is 1. The average Bonchev–Trinajstić information content (AvgIpc) is 2.51. The van der Waals surface area contributed by atoms with E-state index in [1.807, 2.05) is 25.1 Å². The molecule has 2 atom stereocenters. The van der Waals surface area contributed by atoms with E-state index in [2.05, 4.69) is 16.7 Å². The number of carbonyl (C=O) groups excluding carboxylic acids is 1. The zero-order valence-corrected chi connectivity index (χ0v) is 12.5. The monoisotopic (exact) mass is 290 g/mol. The first-order chi connectivity index (χ1) is 9.96. The van der Waals surface area contributed by atoms with Crippen LogP contribution in [0.4, 0.5) is 0 Å². The highest BCUT2D eigenvalue weighted by molar-refractivity contribution is 5.83. The average molecular weight is 290 g/mol. The second-order valence-corrected chi connectivity index (χ2v) is 5.84. The van der Waals surface area contributed by atoms with Crippen LogP contribution in [-0.2, 0) is 22.6 Å². The number of hydrogen-bond acceptors (Lipinski definition) is 3. The summed E-state index contributed by atoms with van der Waals surface area (Å²) in [5, 5.41) is 15.2. The van der Waals surface area contributed by atoms with Crippen LogP contribution >= 0.6 is 0 Å². The van der Waals surface area contributed by atoms with E-state index in [9.17, 15) is 14.7 Å². The fourth-order valence-electron chi connectivity index (χ4n) is 2.40. The summed E-state index contributed by atoms with van der Waals surface area (Å²) in [7, 11) is 0. The summed E-state index contributed by atoms with van der Waals surface area (Å²) in [6.07, 6.45) is 1.11. The molecule has 1 aromatic rings. The minimum atomic E-state index is -0.914. The Hall–Kier alpha value is -1.88. The Morgan fingerprint density at radius 2 is 2.05 bits per heavy atom. The van der Waals surface area contributed by atoms with E-state index in [0.717, 1.165) is 0 Å². The van der Waals surface area contributed by atoms with E-state index in [0.29, 0.717) is 19.4 Å². The SMILES string of the molecule is CCC(C)(CNC(=O)[C@H]1Cc2ccccc2CN1)C(=O)O. The normalized spacial score (nSPS) is 20.2. The Labute approximate surface area is 124 Å². The molecule has 3 N–H and O–H groups in total. The summed E-state index contributed by atoms with van der Waals surface area (Å²) in [4.78, 5) is 23.5. The molecule has 1 aromatic carbocycles. The molecule has 0 aromatic heterocycles. The third kappa shape index (κ3) is 3.42. The predicted molar refractivity (Wildman–Crippen MR) is 79.8 cm³/mol. The number of benzene rings is 1. The number of carboxylic acids is 1. The minimum Gasteiger partial charge on any atom is -0.481 e. The number of rotatable bonds is 5. The molecule has 1 heterocycles. The first kappa shape index (κ1) is 15.5. The van der Waals surface area contributed by atoms with Crippen molar-refractivity contribution in [2.24, 2.45) is 5.41 Å². The standard InChI is InChI=1S/C16H22N2O3/c1-3-16(2,15(20)21)10-18-14(19)13-8-11-6-4-5-7-12(11)9-17-13/h4-7,13,17H,3,8-10H2,1-2H3,(H,18,19)(H,20,21)/t13-,16?/m1/s1. The lowest BCUT2D eigenvalue weighted by Gasteiger charge is -2.28. The largest absolute Gasteiger partial charge is 0.481 e. The van der Waals surface area contributed by atoms with Crippen molar-refractivity contribution >= 4 is 11.9 Å². The molecular weight excluding hydrogens is 268 g/mol. The molecule has 1 aliphatic rings. The summed E-state index contributed by atoms with van der Waals surface area (Å²) in [6, 6.07) is 7.74. The molecule has 1 unspecified atom stereocenters. The lowest BCUT2D eigenvalue weighted by atomic mass is 9.87. The van der Waals surface area contributed by atoms with Crippen LogP contribution in [0.2, 0.25) is 0 Å². The van der Waals surface area contributed by atoms with Crippen molar-refractivity contribution < 1.29 is 14.7 Å². The van der Waals surface area contributed by atoms with E-state index < -0.39 is 11.4 Å². The highest BCUT2D eigenvalue weighted by atomic mass is 16.4. The molecule has 0 spiro atoms. The molecule has 2 rings (SSSR count). The van der Waals surface area contributed by atoms with Gasteiger partial charge in [0, 0.05) is 13.1 Å². The van der Waals surface area contributed by atoms with E-state index in [1.54, 1.807) is 6.92 Å². The fourth-order valence-corrected chi connectivity index (χ4v) is 2.40. The van der Waals surface area contributed by atoms with E-state index >= 15 is 0 Å². The Kier molecular flexibility index (Phi) is 4.63. The molecule has 0 fully saturated rings. The molecule has 0 saturated carbocycles. The predicted octanol–water partition coefficient (Wildman–Crippen LogP) is 1.32. The number of nitrogens with one attached hydrogen (secondary N) is 2. The Balaban J connectivity index is 1.95. The van der Waals surface area contributed by atoms with Crippen LogP contribution in [0.25, 0.3) is 0 Å². The number of aliphatic carboxylic acids is 1. The van der Waals surface area contributed by atoms with Gasteiger partial charge in [0.05, 0.1) is 11.5 Å². The van der Waals surface area contributed by atoms with Gasteiger partial charge in [-0.3, -0.25) is 9.59 Å². The Morgan fingerprint density at radius 3 is 2.67 bits per heavy atom. The molecule has 5 nitrogen and oxygen atoms in total. The van der Waals surface area contributed by atoms with Crippen LogP contribution in [0.5, 0.6) is 0 Å². The molecule has 114 valence electrons. The van der Waals surface area contributed by atoms with Crippen molar-refractivity contribution in [3.05, 3.63) is 35.4 Å². The maximum absolute atomic E-state index is 12.2. The smallest absolute Gasteiger partial charge is 0.311 e. The Morgan fingerprint density at radius 1 is 1.38 bits per heavy atom. The van der Waals surface area contributed by atoms with Crippen molar-refractivity contribution in [3.8, 4) is 0 Å². The number of hydrogen-bond donors (Lipinski definition) is 3. The molecule has 0 bridgehead atoms. The van der Waals surface area contributed by atoms with Gasteiger partial charge in [0.2, 0.25) is 5.91 Å². The van der Waals surface area contributed by atoms with Crippen LogP contribution in [0.1, 0.15) is 31.4 Å². The summed E-state index contributed by atoms with van der Waals surface area (Å²) in [5.74, 6) is -1.02. The minimum absolute atomic E-state index is 0.134. The molecule has 0 saturated heterocycles. The maximum Gasteiger partial charge on any atom is 0.311 e. The lowest BCUT2D eigenvalue weighted by Crippen LogP contribution is -2.50. The van der Waals surface area contributed by atoms with E-state index in [4.69, 9.17) is 0 Å². The van der Waals surface area contributed by atoms with Crippen LogP contribution in [0, 0.1) is 5.41 Å². The van der Waals surface area contributed by atoms with Crippen LogP contribution in [0.15, 0.2) is 24.3 Å². The molecule has 0 radical (unpaired) electrons. The first-order valence-electron chi connectivity index (χ1n) is 7.27. The van der Waals surface area contributed by atoms with Crippen molar-refractivity contribution in [2.75, 3.05) is 6.54 Å². The third-order valence-electron chi connectivity index (χ3n) is 4.35. The maximum atomic E-state index is 12.2. The van der Waals surface area contributed by atoms with Crippen LogP contribution in [-0.4, -0.2) is 29.6 Å². The van der Waals surface area contributed by atoms with Crippen molar-refractivity contribution in [2.45, 2.75) is 39.3 Å². The zero-order chi connectivity index (χ0) is 15.5. The zero-order valence-electron chi connectivity index (χ0n) is 12.5. The van der Waals surface area contributed by atoms with Crippen LogP contribution < -0.4 is 10.6 Å². The molecular formula is C16H22N2O3. The van der Waals surface area contributed by atoms with Gasteiger partial charge in [0.15, 0.2) is 0 Å². The topological polar surface area (TPSA) is 78.4 Å². The van der Waals surface area contributed by atoms with Gasteiger partial charge in [0.25, 0.3) is 0 Å². The van der Waals surface area contributed by atoms with Gasteiger partial charge < -0.3 is 15.7 Å². The van der Waals surface area contributed by atoms with Gasteiger partial charge in [-0.2, -0.15) is 0 Å². The van der Waals surface area contributed by atoms with Crippen molar-refractivity contribution in [1.29, 1.82) is 0 Å².